The Morgan fingerprint density at radius 3 is 3.00 bits per heavy atom. The van der Waals surface area contributed by atoms with Gasteiger partial charge in [0.1, 0.15) is 5.01 Å². The third-order valence-electron chi connectivity index (χ3n) is 2.95. The molecule has 1 aliphatic heterocycles. The van der Waals surface area contributed by atoms with E-state index in [0.29, 0.717) is 6.04 Å². The number of halogens is 1. The first kappa shape index (κ1) is 13.9. The second-order valence-corrected chi connectivity index (χ2v) is 5.05. The topological polar surface area (TPSA) is 42.1 Å². The molecule has 0 radical (unpaired) electrons. The quantitative estimate of drug-likeness (QED) is 0.908. The molecule has 2 rings (SSSR count). The van der Waals surface area contributed by atoms with E-state index < -0.39 is 0 Å². The smallest absolute Gasteiger partial charge is 0.110 e. The molecule has 5 heteroatoms. The molecule has 0 amide bonds. The van der Waals surface area contributed by atoms with Gasteiger partial charge in [-0.3, -0.25) is 4.90 Å². The molecular weight excluding hydrogens is 242 g/mol. The average molecular weight is 262 g/mol. The number of thiazole rings is 1. The summed E-state index contributed by atoms with van der Waals surface area (Å²) in [6.45, 7) is 5.00. The minimum Gasteiger partial charge on any atom is -0.329 e. The lowest BCUT2D eigenvalue weighted by molar-refractivity contribution is 0.153. The highest BCUT2D eigenvalue weighted by Gasteiger charge is 2.25. The standard InChI is InChI=1S/C11H19N3S.ClH/c1-9-8-15-11(13-9)10-4-2-3-6-14(10)7-5-12;/h8,10H,2-7,12H2,1H3;1H. The molecule has 1 saturated heterocycles. The van der Waals surface area contributed by atoms with Crippen molar-refractivity contribution in [1.29, 1.82) is 0 Å². The lowest BCUT2D eigenvalue weighted by atomic mass is 10.0. The number of nitrogens with two attached hydrogens (primary N) is 1. The van der Waals surface area contributed by atoms with Crippen molar-refractivity contribution < 1.29 is 0 Å². The molecule has 1 aromatic heterocycles. The van der Waals surface area contributed by atoms with E-state index in [4.69, 9.17) is 5.73 Å². The summed E-state index contributed by atoms with van der Waals surface area (Å²) in [5, 5.41) is 3.42. The van der Waals surface area contributed by atoms with E-state index in [9.17, 15) is 0 Å². The highest BCUT2D eigenvalue weighted by molar-refractivity contribution is 7.09. The number of piperidine rings is 1. The molecule has 1 unspecified atom stereocenters. The maximum Gasteiger partial charge on any atom is 0.110 e. The zero-order chi connectivity index (χ0) is 10.7. The van der Waals surface area contributed by atoms with Gasteiger partial charge in [0.25, 0.3) is 0 Å². The summed E-state index contributed by atoms with van der Waals surface area (Å²) in [6.07, 6.45) is 3.87. The lowest BCUT2D eigenvalue weighted by Crippen LogP contribution is -2.36. The molecule has 1 fully saturated rings. The van der Waals surface area contributed by atoms with Gasteiger partial charge in [-0.25, -0.2) is 4.98 Å². The van der Waals surface area contributed by atoms with Gasteiger partial charge in [0.2, 0.25) is 0 Å². The Bertz CT molecular complexity index is 314. The van der Waals surface area contributed by atoms with Crippen molar-refractivity contribution in [3.05, 3.63) is 16.1 Å². The molecule has 2 N–H and O–H groups in total. The minimum absolute atomic E-state index is 0. The monoisotopic (exact) mass is 261 g/mol. The van der Waals surface area contributed by atoms with Gasteiger partial charge < -0.3 is 5.73 Å². The first-order valence-electron chi connectivity index (χ1n) is 5.67. The molecule has 0 aromatic carbocycles. The Morgan fingerprint density at radius 1 is 1.56 bits per heavy atom. The van der Waals surface area contributed by atoms with Crippen molar-refractivity contribution in [1.82, 2.24) is 9.88 Å². The highest BCUT2D eigenvalue weighted by Crippen LogP contribution is 2.32. The van der Waals surface area contributed by atoms with E-state index in [-0.39, 0.29) is 12.4 Å². The number of hydrogen-bond acceptors (Lipinski definition) is 4. The number of aromatic nitrogens is 1. The van der Waals surface area contributed by atoms with Crippen molar-refractivity contribution in [2.45, 2.75) is 32.2 Å². The first-order valence-corrected chi connectivity index (χ1v) is 6.55. The van der Waals surface area contributed by atoms with Crippen molar-refractivity contribution in [2.24, 2.45) is 5.73 Å². The second-order valence-electron chi connectivity index (χ2n) is 4.16. The minimum atomic E-state index is 0. The summed E-state index contributed by atoms with van der Waals surface area (Å²) in [4.78, 5) is 7.09. The van der Waals surface area contributed by atoms with Crippen molar-refractivity contribution >= 4 is 23.7 Å². The molecule has 2 heterocycles. The molecule has 3 nitrogen and oxygen atoms in total. The molecule has 1 atom stereocenters. The molecule has 0 spiro atoms. The summed E-state index contributed by atoms with van der Waals surface area (Å²) in [5.41, 5.74) is 6.79. The number of likely N-dealkylation sites (tertiary alicyclic amines) is 1. The zero-order valence-corrected chi connectivity index (χ0v) is 11.3. The van der Waals surface area contributed by atoms with Crippen molar-refractivity contribution in [3.63, 3.8) is 0 Å². The second kappa shape index (κ2) is 6.55. The average Bonchev–Trinajstić information content (AvgIpc) is 2.66. The third-order valence-corrected chi connectivity index (χ3v) is 4.02. The Kier molecular flexibility index (Phi) is 5.69. The molecule has 16 heavy (non-hydrogen) atoms. The molecular formula is C11H20ClN3S. The predicted molar refractivity (Wildman–Crippen MR) is 71.3 cm³/mol. The van der Waals surface area contributed by atoms with Crippen LogP contribution < -0.4 is 5.73 Å². The largest absolute Gasteiger partial charge is 0.329 e. The van der Waals surface area contributed by atoms with Crippen molar-refractivity contribution in [3.8, 4) is 0 Å². The fourth-order valence-electron chi connectivity index (χ4n) is 2.23. The van der Waals surface area contributed by atoms with Crippen LogP contribution in [-0.4, -0.2) is 29.5 Å². The summed E-state index contributed by atoms with van der Waals surface area (Å²) < 4.78 is 0. The van der Waals surface area contributed by atoms with E-state index in [1.54, 1.807) is 11.3 Å². The fourth-order valence-corrected chi connectivity index (χ4v) is 3.19. The van der Waals surface area contributed by atoms with Crippen LogP contribution in [0.5, 0.6) is 0 Å². The number of rotatable bonds is 3. The van der Waals surface area contributed by atoms with Crippen LogP contribution in [0.25, 0.3) is 0 Å². The summed E-state index contributed by atoms with van der Waals surface area (Å²) in [6, 6.07) is 0.529. The van der Waals surface area contributed by atoms with Crippen LogP contribution in [0, 0.1) is 6.92 Å². The van der Waals surface area contributed by atoms with Crippen LogP contribution >= 0.6 is 23.7 Å². The highest BCUT2D eigenvalue weighted by atomic mass is 35.5. The SMILES string of the molecule is Cc1csc(C2CCCCN2CCN)n1.Cl. The molecule has 0 saturated carbocycles. The molecule has 0 aliphatic carbocycles. The van der Waals surface area contributed by atoms with Crippen LogP contribution in [0.15, 0.2) is 5.38 Å². The van der Waals surface area contributed by atoms with E-state index in [1.807, 2.05) is 0 Å². The van der Waals surface area contributed by atoms with Gasteiger partial charge in [-0.2, -0.15) is 0 Å². The molecule has 1 aliphatic rings. The van der Waals surface area contributed by atoms with E-state index in [1.165, 1.54) is 30.8 Å². The van der Waals surface area contributed by atoms with E-state index >= 15 is 0 Å². The molecule has 1 aromatic rings. The van der Waals surface area contributed by atoms with E-state index in [2.05, 4.69) is 22.2 Å². The normalized spacial score (nSPS) is 21.8. The van der Waals surface area contributed by atoms with Gasteiger partial charge in [0.15, 0.2) is 0 Å². The Hall–Kier alpha value is -0.160. The van der Waals surface area contributed by atoms with Crippen LogP contribution in [0.1, 0.15) is 36.0 Å². The van der Waals surface area contributed by atoms with Crippen LogP contribution in [0.3, 0.4) is 0 Å². The number of nitrogens with zero attached hydrogens (tertiary/aromatic N) is 2. The van der Waals surface area contributed by atoms with Gasteiger partial charge >= 0.3 is 0 Å². The maximum absolute atomic E-state index is 5.65. The maximum atomic E-state index is 5.65. The zero-order valence-electron chi connectivity index (χ0n) is 9.69. The van der Waals surface area contributed by atoms with Crippen LogP contribution in [0.4, 0.5) is 0 Å². The predicted octanol–water partition coefficient (Wildman–Crippen LogP) is 2.36. The van der Waals surface area contributed by atoms with Crippen LogP contribution in [-0.2, 0) is 0 Å². The van der Waals surface area contributed by atoms with Gasteiger partial charge in [0.05, 0.1) is 6.04 Å². The number of aryl methyl sites for hydroxylation is 1. The summed E-state index contributed by atoms with van der Waals surface area (Å²) in [7, 11) is 0. The first-order chi connectivity index (χ1) is 7.31. The Balaban J connectivity index is 0.00000128. The van der Waals surface area contributed by atoms with Crippen LogP contribution in [0.2, 0.25) is 0 Å². The Labute approximate surface area is 107 Å². The Morgan fingerprint density at radius 2 is 2.38 bits per heavy atom. The molecule has 92 valence electrons. The van der Waals surface area contributed by atoms with E-state index in [0.717, 1.165) is 18.8 Å². The van der Waals surface area contributed by atoms with Gasteiger partial charge in [-0.05, 0) is 26.3 Å². The lowest BCUT2D eigenvalue weighted by Gasteiger charge is -2.34. The number of hydrogen-bond donors (Lipinski definition) is 1. The molecule has 0 bridgehead atoms. The van der Waals surface area contributed by atoms with Gasteiger partial charge in [-0.1, -0.05) is 6.42 Å². The van der Waals surface area contributed by atoms with Gasteiger partial charge in [-0.15, -0.1) is 23.7 Å². The van der Waals surface area contributed by atoms with Crippen molar-refractivity contribution in [2.75, 3.05) is 19.6 Å². The summed E-state index contributed by atoms with van der Waals surface area (Å²) in [5.74, 6) is 0. The summed E-state index contributed by atoms with van der Waals surface area (Å²) >= 11 is 1.79. The fraction of sp³-hybridized carbons (Fsp3) is 0.727. The third kappa shape index (κ3) is 3.17. The van der Waals surface area contributed by atoms with Gasteiger partial charge in [0, 0.05) is 24.2 Å².